The number of likely N-dealkylation sites (tertiary alicyclic amines) is 1. The molecule has 2 aromatic carbocycles. The largest absolute Gasteiger partial charge is 0.382 e. The van der Waals surface area contributed by atoms with E-state index in [1.54, 1.807) is 10.9 Å². The number of piperidine rings is 1. The zero-order valence-electron chi connectivity index (χ0n) is 28.5. The van der Waals surface area contributed by atoms with Gasteiger partial charge in [-0.1, -0.05) is 56.3 Å². The lowest BCUT2D eigenvalue weighted by Gasteiger charge is -2.33. The molecule has 1 aliphatic rings. The van der Waals surface area contributed by atoms with Gasteiger partial charge < -0.3 is 16.4 Å². The highest BCUT2D eigenvalue weighted by molar-refractivity contribution is 6.04. The molecule has 0 aliphatic carbocycles. The number of nitrogens with zero attached hydrogens (tertiary/aromatic N) is 7. The van der Waals surface area contributed by atoms with Crippen LogP contribution in [0.3, 0.4) is 0 Å². The number of amides is 2. The van der Waals surface area contributed by atoms with Gasteiger partial charge in [-0.3, -0.25) is 23.6 Å². The molecule has 7 rings (SSSR count). The number of aromatic nitrogens is 6. The standard InChI is InChI=1S/C38H39N9O3/c1-22(2)37(49)45-16-14-25(15-17-45)30-18-29(34-35(39)41-21-43-47(30)34)24-10-12-26(13-11-24)32-31(27-19-42-44(4)20-27)23(3)46(28-8-6-5-7-9-28)38(50)33(32)36(40)48/h5-13,18-22,25H,14-17H2,1-4H3,(H2,40,48)(H2,39,41,43). The average Bonchev–Trinajstić information content (AvgIpc) is 3.72. The zero-order valence-corrected chi connectivity index (χ0v) is 28.5. The first kappa shape index (κ1) is 32.5. The van der Waals surface area contributed by atoms with Gasteiger partial charge in [0.15, 0.2) is 5.82 Å². The number of benzene rings is 2. The van der Waals surface area contributed by atoms with Crippen LogP contribution in [0.5, 0.6) is 0 Å². The maximum atomic E-state index is 14.1. The second-order valence-electron chi connectivity index (χ2n) is 13.2. The number of aryl methyl sites for hydroxylation is 1. The van der Waals surface area contributed by atoms with E-state index in [2.05, 4.69) is 21.2 Å². The number of hydrogen-bond donors (Lipinski definition) is 2. The lowest BCUT2D eigenvalue weighted by atomic mass is 9.89. The first-order valence-corrected chi connectivity index (χ1v) is 16.7. The number of rotatable bonds is 7. The minimum absolute atomic E-state index is 0.0352. The van der Waals surface area contributed by atoms with E-state index in [-0.39, 0.29) is 23.3 Å². The lowest BCUT2D eigenvalue weighted by molar-refractivity contribution is -0.135. The molecule has 0 saturated carbocycles. The fourth-order valence-corrected chi connectivity index (χ4v) is 7.28. The van der Waals surface area contributed by atoms with Crippen LogP contribution in [-0.4, -0.2) is 58.7 Å². The van der Waals surface area contributed by atoms with Crippen LogP contribution in [0.2, 0.25) is 0 Å². The van der Waals surface area contributed by atoms with Crippen molar-refractivity contribution in [3.05, 3.63) is 107 Å². The fraction of sp³-hybridized carbons (Fsp3) is 0.263. The topological polar surface area (TPSA) is 159 Å². The summed E-state index contributed by atoms with van der Waals surface area (Å²) in [6.45, 7) is 7.09. The number of fused-ring (bicyclic) bond motifs is 1. The SMILES string of the molecule is Cc1c(-c2cnn(C)c2)c(-c2ccc(-c3cc(C4CCN(C(=O)C(C)C)CC4)n4ncnc(N)c34)cc2)c(C(N)=O)c(=O)n1-c1ccccc1. The summed E-state index contributed by atoms with van der Waals surface area (Å²) in [5.41, 5.74) is 19.1. The van der Waals surface area contributed by atoms with Crippen LogP contribution in [0.1, 0.15) is 54.4 Å². The lowest BCUT2D eigenvalue weighted by Crippen LogP contribution is -2.40. The zero-order chi connectivity index (χ0) is 35.3. The maximum Gasteiger partial charge on any atom is 0.268 e. The molecule has 4 N–H and O–H groups in total. The minimum atomic E-state index is -0.821. The van der Waals surface area contributed by atoms with E-state index in [1.807, 2.05) is 98.0 Å². The van der Waals surface area contributed by atoms with Crippen molar-refractivity contribution in [1.29, 1.82) is 0 Å². The molecule has 1 saturated heterocycles. The summed E-state index contributed by atoms with van der Waals surface area (Å²) < 4.78 is 5.08. The number of para-hydroxylation sites is 1. The summed E-state index contributed by atoms with van der Waals surface area (Å²) in [7, 11) is 1.82. The molecule has 5 heterocycles. The van der Waals surface area contributed by atoms with Gasteiger partial charge in [-0.2, -0.15) is 10.2 Å². The molecule has 0 atom stereocenters. The van der Waals surface area contributed by atoms with Crippen molar-refractivity contribution in [2.24, 2.45) is 18.7 Å². The van der Waals surface area contributed by atoms with Gasteiger partial charge in [-0.05, 0) is 49.1 Å². The smallest absolute Gasteiger partial charge is 0.268 e. The number of primary amides is 1. The van der Waals surface area contributed by atoms with E-state index in [1.165, 1.54) is 10.9 Å². The number of hydrogen-bond acceptors (Lipinski definition) is 7. The first-order chi connectivity index (χ1) is 24.0. The molecule has 12 heteroatoms. The summed E-state index contributed by atoms with van der Waals surface area (Å²) in [5, 5.41) is 8.98. The Morgan fingerprint density at radius 3 is 2.22 bits per heavy atom. The maximum absolute atomic E-state index is 14.1. The Morgan fingerprint density at radius 2 is 1.60 bits per heavy atom. The van der Waals surface area contributed by atoms with E-state index < -0.39 is 11.5 Å². The van der Waals surface area contributed by atoms with Crippen LogP contribution < -0.4 is 17.0 Å². The molecule has 1 fully saturated rings. The Morgan fingerprint density at radius 1 is 0.920 bits per heavy atom. The van der Waals surface area contributed by atoms with Gasteiger partial charge in [0.2, 0.25) is 5.91 Å². The van der Waals surface area contributed by atoms with E-state index in [4.69, 9.17) is 11.5 Å². The van der Waals surface area contributed by atoms with Crippen molar-refractivity contribution in [1.82, 2.24) is 33.8 Å². The van der Waals surface area contributed by atoms with Crippen LogP contribution in [0.25, 0.3) is 44.6 Å². The van der Waals surface area contributed by atoms with Crippen molar-refractivity contribution in [3.63, 3.8) is 0 Å². The second kappa shape index (κ2) is 12.8. The Balaban J connectivity index is 1.35. The third-order valence-corrected chi connectivity index (χ3v) is 9.68. The van der Waals surface area contributed by atoms with Gasteiger partial charge in [0, 0.05) is 77.5 Å². The van der Waals surface area contributed by atoms with Gasteiger partial charge in [0.1, 0.15) is 17.4 Å². The molecule has 6 aromatic rings. The number of pyridine rings is 1. The monoisotopic (exact) mass is 669 g/mol. The van der Waals surface area contributed by atoms with Crippen LogP contribution in [-0.2, 0) is 11.8 Å². The molecule has 2 amide bonds. The predicted octanol–water partition coefficient (Wildman–Crippen LogP) is 4.97. The molecule has 4 aromatic heterocycles. The van der Waals surface area contributed by atoms with Crippen molar-refractivity contribution in [3.8, 4) is 39.1 Å². The molecular weight excluding hydrogens is 630 g/mol. The average molecular weight is 670 g/mol. The van der Waals surface area contributed by atoms with Crippen LogP contribution in [0.4, 0.5) is 5.82 Å². The molecule has 0 spiro atoms. The normalized spacial score (nSPS) is 13.7. The molecule has 0 radical (unpaired) electrons. The van der Waals surface area contributed by atoms with Crippen LogP contribution >= 0.6 is 0 Å². The Hall–Kier alpha value is -6.04. The van der Waals surface area contributed by atoms with E-state index >= 15 is 0 Å². The van der Waals surface area contributed by atoms with Crippen molar-refractivity contribution >= 4 is 23.1 Å². The molecule has 254 valence electrons. The van der Waals surface area contributed by atoms with Crippen molar-refractivity contribution in [2.45, 2.75) is 39.5 Å². The predicted molar refractivity (Wildman–Crippen MR) is 193 cm³/mol. The highest BCUT2D eigenvalue weighted by Crippen LogP contribution is 2.40. The molecule has 12 nitrogen and oxygen atoms in total. The molecule has 0 bridgehead atoms. The van der Waals surface area contributed by atoms with E-state index in [0.29, 0.717) is 52.5 Å². The molecular formula is C38H39N9O3. The van der Waals surface area contributed by atoms with Gasteiger partial charge >= 0.3 is 0 Å². The number of nitrogen functional groups attached to an aromatic ring is 1. The summed E-state index contributed by atoms with van der Waals surface area (Å²) in [5.74, 6) is -0.146. The van der Waals surface area contributed by atoms with E-state index in [0.717, 1.165) is 35.2 Å². The molecule has 1 aliphatic heterocycles. The fourth-order valence-electron chi connectivity index (χ4n) is 7.28. The third-order valence-electron chi connectivity index (χ3n) is 9.68. The van der Waals surface area contributed by atoms with Gasteiger partial charge in [0.05, 0.1) is 6.20 Å². The van der Waals surface area contributed by atoms with Gasteiger partial charge in [-0.25, -0.2) is 9.50 Å². The summed E-state index contributed by atoms with van der Waals surface area (Å²) in [6, 6.07) is 19.0. The van der Waals surface area contributed by atoms with Crippen LogP contribution in [0.15, 0.2) is 84.2 Å². The first-order valence-electron chi connectivity index (χ1n) is 16.7. The van der Waals surface area contributed by atoms with Gasteiger partial charge in [0.25, 0.3) is 11.5 Å². The number of carbonyl (C=O) groups excluding carboxylic acids is 2. The quantitative estimate of drug-likeness (QED) is 0.243. The van der Waals surface area contributed by atoms with Crippen LogP contribution in [0, 0.1) is 12.8 Å². The molecule has 0 unspecified atom stereocenters. The highest BCUT2D eigenvalue weighted by atomic mass is 16.2. The number of nitrogens with two attached hydrogens (primary N) is 2. The number of anilines is 1. The third kappa shape index (κ3) is 5.52. The summed E-state index contributed by atoms with van der Waals surface area (Å²) >= 11 is 0. The van der Waals surface area contributed by atoms with E-state index in [9.17, 15) is 14.4 Å². The Labute approximate surface area is 289 Å². The van der Waals surface area contributed by atoms with Crippen molar-refractivity contribution < 1.29 is 9.59 Å². The highest BCUT2D eigenvalue weighted by Gasteiger charge is 2.30. The summed E-state index contributed by atoms with van der Waals surface area (Å²) in [4.78, 5) is 46.1. The van der Waals surface area contributed by atoms with Gasteiger partial charge in [-0.15, -0.1) is 0 Å². The Bertz CT molecular complexity index is 2310. The molecule has 50 heavy (non-hydrogen) atoms. The summed E-state index contributed by atoms with van der Waals surface area (Å²) in [6.07, 6.45) is 6.65. The second-order valence-corrected chi connectivity index (χ2v) is 13.2. The van der Waals surface area contributed by atoms with Crippen molar-refractivity contribution in [2.75, 3.05) is 18.8 Å². The number of carbonyl (C=O) groups is 2. The Kier molecular flexibility index (Phi) is 8.30. The minimum Gasteiger partial charge on any atom is -0.382 e.